The Morgan fingerprint density at radius 3 is 1.81 bits per heavy atom. The van der Waals surface area contributed by atoms with Crippen molar-refractivity contribution in [2.24, 2.45) is 23.7 Å². The van der Waals surface area contributed by atoms with Crippen molar-refractivity contribution in [1.82, 2.24) is 0 Å². The number of unbranched alkanes of at least 4 members (excludes halogenated alkanes) is 4. The van der Waals surface area contributed by atoms with Gasteiger partial charge in [-0.15, -0.1) is 0 Å². The van der Waals surface area contributed by atoms with Crippen LogP contribution in [0.25, 0.3) is 0 Å². The van der Waals surface area contributed by atoms with Gasteiger partial charge in [-0.3, -0.25) is 0 Å². The fourth-order valence-electron chi connectivity index (χ4n) is 6.46. The molecule has 1 aromatic carbocycles. The zero-order valence-corrected chi connectivity index (χ0v) is 21.5. The zero-order valence-electron chi connectivity index (χ0n) is 21.5. The van der Waals surface area contributed by atoms with E-state index in [-0.39, 0.29) is 0 Å². The summed E-state index contributed by atoms with van der Waals surface area (Å²) in [4.78, 5) is 0. The quantitative estimate of drug-likeness (QED) is 0.213. The molecule has 0 amide bonds. The van der Waals surface area contributed by atoms with E-state index in [0.717, 1.165) is 30.1 Å². The summed E-state index contributed by atoms with van der Waals surface area (Å²) in [5, 5.41) is 0. The van der Waals surface area contributed by atoms with Gasteiger partial charge >= 0.3 is 0 Å². The first-order valence-electron chi connectivity index (χ1n) is 14.5. The summed E-state index contributed by atoms with van der Waals surface area (Å²) in [5.74, 6) is 4.15. The Morgan fingerprint density at radius 1 is 0.625 bits per heavy atom. The van der Waals surface area contributed by atoms with Crippen LogP contribution in [-0.4, -0.2) is 0 Å². The highest BCUT2D eigenvalue weighted by atomic mass is 14.4. The first-order valence-corrected chi connectivity index (χ1v) is 14.5. The molecule has 2 aliphatic carbocycles. The maximum atomic E-state index is 2.49. The van der Waals surface area contributed by atoms with Crippen molar-refractivity contribution in [3.05, 3.63) is 47.5 Å². The van der Waals surface area contributed by atoms with Gasteiger partial charge < -0.3 is 0 Å². The highest BCUT2D eigenvalue weighted by molar-refractivity contribution is 5.24. The summed E-state index contributed by atoms with van der Waals surface area (Å²) >= 11 is 0. The van der Waals surface area contributed by atoms with Crippen molar-refractivity contribution in [2.75, 3.05) is 0 Å². The van der Waals surface area contributed by atoms with Gasteiger partial charge in [-0.05, 0) is 99.0 Å². The second-order valence-corrected chi connectivity index (χ2v) is 11.2. The highest BCUT2D eigenvalue weighted by Crippen LogP contribution is 2.42. The molecule has 0 atom stereocenters. The molecule has 0 nitrogen and oxygen atoms in total. The lowest BCUT2D eigenvalue weighted by Crippen LogP contribution is -2.25. The molecule has 0 aliphatic heterocycles. The Kier molecular flexibility index (Phi) is 12.0. The maximum absolute atomic E-state index is 2.49. The molecule has 2 fully saturated rings. The second kappa shape index (κ2) is 15.0. The van der Waals surface area contributed by atoms with Gasteiger partial charge in [0, 0.05) is 0 Å². The lowest BCUT2D eigenvalue weighted by Gasteiger charge is -2.37. The molecule has 32 heavy (non-hydrogen) atoms. The Morgan fingerprint density at radius 2 is 1.19 bits per heavy atom. The fourth-order valence-corrected chi connectivity index (χ4v) is 6.46. The molecule has 0 spiro atoms. The highest BCUT2D eigenvalue weighted by Gasteiger charge is 2.30. The lowest BCUT2D eigenvalue weighted by atomic mass is 9.68. The molecule has 0 radical (unpaired) electrons. The molecular formula is C32H52. The Hall–Kier alpha value is -1.04. The minimum Gasteiger partial charge on any atom is -0.0879 e. The van der Waals surface area contributed by atoms with E-state index in [0.29, 0.717) is 0 Å². The summed E-state index contributed by atoms with van der Waals surface area (Å²) in [6, 6.07) is 9.38. The van der Waals surface area contributed by atoms with Crippen molar-refractivity contribution in [2.45, 2.75) is 129 Å². The topological polar surface area (TPSA) is 0 Å². The summed E-state index contributed by atoms with van der Waals surface area (Å²) in [5.41, 5.74) is 2.97. The van der Waals surface area contributed by atoms with Crippen LogP contribution in [-0.2, 0) is 12.8 Å². The molecule has 0 aromatic heterocycles. The van der Waals surface area contributed by atoms with Crippen molar-refractivity contribution < 1.29 is 0 Å². The monoisotopic (exact) mass is 436 g/mol. The number of rotatable bonds is 13. The average molecular weight is 437 g/mol. The zero-order chi connectivity index (χ0) is 22.4. The molecule has 0 heteroatoms. The van der Waals surface area contributed by atoms with Crippen LogP contribution in [0.3, 0.4) is 0 Å². The normalized spacial score (nSPS) is 26.6. The third-order valence-corrected chi connectivity index (χ3v) is 8.75. The van der Waals surface area contributed by atoms with E-state index in [9.17, 15) is 0 Å². The molecule has 180 valence electrons. The third kappa shape index (κ3) is 9.07. The Balaban J connectivity index is 1.27. The van der Waals surface area contributed by atoms with Crippen LogP contribution in [0.2, 0.25) is 0 Å². The van der Waals surface area contributed by atoms with E-state index in [2.05, 4.69) is 50.3 Å². The van der Waals surface area contributed by atoms with Crippen molar-refractivity contribution in [1.29, 1.82) is 0 Å². The van der Waals surface area contributed by atoms with Crippen molar-refractivity contribution in [3.8, 4) is 0 Å². The molecular weight excluding hydrogens is 384 g/mol. The van der Waals surface area contributed by atoms with Crippen LogP contribution >= 0.6 is 0 Å². The fraction of sp³-hybridized carbons (Fsp3) is 0.750. The molecule has 0 N–H and O–H groups in total. The van der Waals surface area contributed by atoms with Crippen molar-refractivity contribution in [3.63, 3.8) is 0 Å². The number of aryl methyl sites for hydroxylation is 1. The first-order chi connectivity index (χ1) is 15.8. The number of hydrogen-bond acceptors (Lipinski definition) is 0. The Bertz CT molecular complexity index is 608. The molecule has 0 bridgehead atoms. The molecule has 0 saturated heterocycles. The van der Waals surface area contributed by atoms with E-state index in [1.54, 1.807) is 12.8 Å². The average Bonchev–Trinajstić information content (AvgIpc) is 2.84. The third-order valence-electron chi connectivity index (χ3n) is 8.75. The molecule has 2 aliphatic rings. The minimum absolute atomic E-state index is 0.953. The van der Waals surface area contributed by atoms with E-state index >= 15 is 0 Å². The summed E-state index contributed by atoms with van der Waals surface area (Å²) < 4.78 is 0. The van der Waals surface area contributed by atoms with Crippen LogP contribution in [0.4, 0.5) is 0 Å². The van der Waals surface area contributed by atoms with E-state index in [1.807, 2.05) is 0 Å². The molecule has 2 saturated carbocycles. The standard InChI is InChI=1S/C32H52/c1-3-5-7-11-27-15-17-28(18-16-27)13-9-10-14-30-21-25-32(26-22-30)31-23-19-29(20-24-31)12-8-6-4-2/h9-10,15-18,29-32H,3-8,11-14,19-26H2,1-2H3. The van der Waals surface area contributed by atoms with Gasteiger partial charge in [-0.2, -0.15) is 0 Å². The summed E-state index contributed by atoms with van der Waals surface area (Å²) in [6.07, 6.45) is 30.6. The first kappa shape index (κ1) is 25.6. The van der Waals surface area contributed by atoms with Crippen LogP contribution in [0, 0.1) is 23.7 Å². The molecule has 1 aromatic rings. The predicted octanol–water partition coefficient (Wildman–Crippen LogP) is 10.1. The van der Waals surface area contributed by atoms with Gasteiger partial charge in [0.15, 0.2) is 0 Å². The van der Waals surface area contributed by atoms with Crippen LogP contribution in [0.1, 0.15) is 128 Å². The summed E-state index contributed by atoms with van der Waals surface area (Å²) in [7, 11) is 0. The van der Waals surface area contributed by atoms with Gasteiger partial charge in [0.1, 0.15) is 0 Å². The van der Waals surface area contributed by atoms with Crippen LogP contribution in [0.5, 0.6) is 0 Å². The van der Waals surface area contributed by atoms with Crippen molar-refractivity contribution >= 4 is 0 Å². The van der Waals surface area contributed by atoms with E-state index < -0.39 is 0 Å². The van der Waals surface area contributed by atoms with Gasteiger partial charge in [0.25, 0.3) is 0 Å². The van der Waals surface area contributed by atoms with Gasteiger partial charge in [-0.25, -0.2) is 0 Å². The lowest BCUT2D eigenvalue weighted by molar-refractivity contribution is 0.143. The molecule has 3 rings (SSSR count). The minimum atomic E-state index is 0.953. The Labute approximate surface area is 200 Å². The largest absolute Gasteiger partial charge is 0.0879 e. The molecule has 0 heterocycles. The summed E-state index contributed by atoms with van der Waals surface area (Å²) in [6.45, 7) is 4.61. The van der Waals surface area contributed by atoms with Crippen LogP contribution in [0.15, 0.2) is 36.4 Å². The van der Waals surface area contributed by atoms with Gasteiger partial charge in [-0.1, -0.05) is 102 Å². The second-order valence-electron chi connectivity index (χ2n) is 11.2. The maximum Gasteiger partial charge on any atom is -0.00975 e. The van der Waals surface area contributed by atoms with Gasteiger partial charge in [0.05, 0.1) is 0 Å². The SMILES string of the molecule is CCCCCc1ccc(CC=CCC2CCC(C3CCC(CCCCC)CC3)CC2)cc1. The van der Waals surface area contributed by atoms with Crippen LogP contribution < -0.4 is 0 Å². The number of hydrogen-bond donors (Lipinski definition) is 0. The predicted molar refractivity (Wildman–Crippen MR) is 142 cm³/mol. The van der Waals surface area contributed by atoms with E-state index in [4.69, 9.17) is 0 Å². The van der Waals surface area contributed by atoms with Gasteiger partial charge in [0.2, 0.25) is 0 Å². The smallest absolute Gasteiger partial charge is 0.00975 e. The number of benzene rings is 1. The molecule has 0 unspecified atom stereocenters. The number of allylic oxidation sites excluding steroid dienone is 2. The van der Waals surface area contributed by atoms with E-state index in [1.165, 1.54) is 107 Å².